The zero-order valence-electron chi connectivity index (χ0n) is 11.0. The van der Waals surface area contributed by atoms with Gasteiger partial charge in [-0.3, -0.25) is 5.32 Å². The molecule has 0 aromatic carbocycles. The SMILES string of the molecule is Cc1cccc(NC(=O)N2C3CCC2CC(O)C3)n1. The van der Waals surface area contributed by atoms with Crippen molar-refractivity contribution in [3.63, 3.8) is 0 Å². The number of rotatable bonds is 1. The Morgan fingerprint density at radius 2 is 2.05 bits per heavy atom. The van der Waals surface area contributed by atoms with Gasteiger partial charge in [-0.1, -0.05) is 6.07 Å². The lowest BCUT2D eigenvalue weighted by Gasteiger charge is -2.36. The standard InChI is InChI=1S/C14H19N3O2/c1-9-3-2-4-13(15-9)16-14(19)17-10-5-6-11(17)8-12(18)7-10/h2-4,10-12,18H,5-8H2,1H3,(H,15,16,19). The van der Waals surface area contributed by atoms with Gasteiger partial charge < -0.3 is 10.0 Å². The smallest absolute Gasteiger partial charge is 0.323 e. The first kappa shape index (κ1) is 12.4. The van der Waals surface area contributed by atoms with E-state index in [0.717, 1.165) is 18.5 Å². The zero-order valence-corrected chi connectivity index (χ0v) is 11.0. The maximum Gasteiger partial charge on any atom is 0.323 e. The lowest BCUT2D eigenvalue weighted by molar-refractivity contribution is 0.0580. The molecular weight excluding hydrogens is 242 g/mol. The number of hydrogen-bond acceptors (Lipinski definition) is 3. The van der Waals surface area contributed by atoms with Gasteiger partial charge >= 0.3 is 6.03 Å². The summed E-state index contributed by atoms with van der Waals surface area (Å²) in [5.41, 5.74) is 0.884. The van der Waals surface area contributed by atoms with Crippen molar-refractivity contribution in [1.82, 2.24) is 9.88 Å². The molecule has 5 heteroatoms. The number of pyridine rings is 1. The number of piperidine rings is 1. The maximum atomic E-state index is 12.3. The summed E-state index contributed by atoms with van der Waals surface area (Å²) in [6.07, 6.45) is 3.14. The molecule has 1 aromatic heterocycles. The third kappa shape index (κ3) is 2.42. The second-order valence-corrected chi connectivity index (χ2v) is 5.51. The molecule has 2 atom stereocenters. The van der Waals surface area contributed by atoms with Crippen molar-refractivity contribution in [2.24, 2.45) is 0 Å². The average molecular weight is 261 g/mol. The van der Waals surface area contributed by atoms with E-state index in [1.807, 2.05) is 24.0 Å². The number of fused-ring (bicyclic) bond motifs is 2. The van der Waals surface area contributed by atoms with Crippen molar-refractivity contribution in [3.05, 3.63) is 23.9 Å². The molecule has 0 saturated carbocycles. The Hall–Kier alpha value is -1.62. The molecule has 102 valence electrons. The molecule has 2 bridgehead atoms. The summed E-state index contributed by atoms with van der Waals surface area (Å²) in [7, 11) is 0. The van der Waals surface area contributed by atoms with E-state index in [1.165, 1.54) is 0 Å². The highest BCUT2D eigenvalue weighted by Gasteiger charge is 2.42. The van der Waals surface area contributed by atoms with Gasteiger partial charge in [-0.25, -0.2) is 9.78 Å². The highest BCUT2D eigenvalue weighted by Crippen LogP contribution is 2.35. The predicted octanol–water partition coefficient (Wildman–Crippen LogP) is 1.91. The highest BCUT2D eigenvalue weighted by molar-refractivity contribution is 5.89. The Bertz CT molecular complexity index is 477. The van der Waals surface area contributed by atoms with Gasteiger partial charge in [0, 0.05) is 17.8 Å². The zero-order chi connectivity index (χ0) is 13.4. The van der Waals surface area contributed by atoms with Gasteiger partial charge in [0.1, 0.15) is 5.82 Å². The van der Waals surface area contributed by atoms with E-state index < -0.39 is 0 Å². The van der Waals surface area contributed by atoms with Gasteiger partial charge in [0.25, 0.3) is 0 Å². The molecule has 0 spiro atoms. The van der Waals surface area contributed by atoms with Crippen LogP contribution in [0.3, 0.4) is 0 Å². The number of urea groups is 1. The number of hydrogen-bond donors (Lipinski definition) is 2. The van der Waals surface area contributed by atoms with Crippen LogP contribution in [0.5, 0.6) is 0 Å². The lowest BCUT2D eigenvalue weighted by Crippen LogP contribution is -2.49. The molecule has 2 saturated heterocycles. The van der Waals surface area contributed by atoms with Crippen molar-refractivity contribution < 1.29 is 9.90 Å². The number of aliphatic hydroxyl groups is 1. The normalized spacial score (nSPS) is 29.4. The fourth-order valence-electron chi connectivity index (χ4n) is 3.27. The predicted molar refractivity (Wildman–Crippen MR) is 71.9 cm³/mol. The van der Waals surface area contributed by atoms with Gasteiger partial charge in [-0.2, -0.15) is 0 Å². The number of carbonyl (C=O) groups is 1. The van der Waals surface area contributed by atoms with Crippen LogP contribution in [-0.2, 0) is 0 Å². The number of aliphatic hydroxyl groups excluding tert-OH is 1. The van der Waals surface area contributed by atoms with Gasteiger partial charge in [0.2, 0.25) is 0 Å². The van der Waals surface area contributed by atoms with Crippen LogP contribution >= 0.6 is 0 Å². The summed E-state index contributed by atoms with van der Waals surface area (Å²) in [6, 6.07) is 5.85. The number of carbonyl (C=O) groups excluding carboxylic acids is 1. The van der Waals surface area contributed by atoms with Crippen molar-refractivity contribution in [1.29, 1.82) is 0 Å². The van der Waals surface area contributed by atoms with Crippen molar-refractivity contribution in [3.8, 4) is 0 Å². The van der Waals surface area contributed by atoms with Gasteiger partial charge in [0.05, 0.1) is 6.10 Å². The van der Waals surface area contributed by atoms with Crippen molar-refractivity contribution in [2.75, 3.05) is 5.32 Å². The Kier molecular flexibility index (Phi) is 3.14. The van der Waals surface area contributed by atoms with Crippen LogP contribution in [0.25, 0.3) is 0 Å². The second-order valence-electron chi connectivity index (χ2n) is 5.51. The molecule has 2 N–H and O–H groups in total. The summed E-state index contributed by atoms with van der Waals surface area (Å²) >= 11 is 0. The minimum atomic E-state index is -0.251. The molecule has 2 unspecified atom stereocenters. The van der Waals surface area contributed by atoms with Crippen LogP contribution in [-0.4, -0.2) is 39.2 Å². The first-order valence-electron chi connectivity index (χ1n) is 6.84. The number of aromatic nitrogens is 1. The van der Waals surface area contributed by atoms with Crippen LogP contribution in [0, 0.1) is 6.92 Å². The molecule has 2 aliphatic rings. The summed E-state index contributed by atoms with van der Waals surface area (Å²) < 4.78 is 0. The molecule has 0 radical (unpaired) electrons. The lowest BCUT2D eigenvalue weighted by atomic mass is 10.0. The summed E-state index contributed by atoms with van der Waals surface area (Å²) in [4.78, 5) is 18.5. The molecule has 1 aromatic rings. The van der Waals surface area contributed by atoms with E-state index in [0.29, 0.717) is 18.7 Å². The number of aryl methyl sites for hydroxylation is 1. The number of nitrogens with one attached hydrogen (secondary N) is 1. The summed E-state index contributed by atoms with van der Waals surface area (Å²) in [6.45, 7) is 1.90. The Morgan fingerprint density at radius 3 is 2.68 bits per heavy atom. The van der Waals surface area contributed by atoms with E-state index >= 15 is 0 Å². The Balaban J connectivity index is 1.71. The third-order valence-electron chi connectivity index (χ3n) is 4.07. The molecule has 3 heterocycles. The van der Waals surface area contributed by atoms with E-state index in [1.54, 1.807) is 6.07 Å². The van der Waals surface area contributed by atoms with Gasteiger partial charge in [-0.15, -0.1) is 0 Å². The first-order valence-corrected chi connectivity index (χ1v) is 6.84. The van der Waals surface area contributed by atoms with Gasteiger partial charge in [0.15, 0.2) is 0 Å². The molecule has 2 aliphatic heterocycles. The summed E-state index contributed by atoms with van der Waals surface area (Å²) in [5, 5.41) is 12.6. The van der Waals surface area contributed by atoms with Crippen LogP contribution < -0.4 is 5.32 Å². The molecule has 5 nitrogen and oxygen atoms in total. The van der Waals surface area contributed by atoms with Crippen LogP contribution in [0.2, 0.25) is 0 Å². The van der Waals surface area contributed by atoms with E-state index in [2.05, 4.69) is 10.3 Å². The molecule has 19 heavy (non-hydrogen) atoms. The fourth-order valence-corrected chi connectivity index (χ4v) is 3.27. The van der Waals surface area contributed by atoms with Crippen molar-refractivity contribution in [2.45, 2.75) is 50.8 Å². The quantitative estimate of drug-likeness (QED) is 0.811. The summed E-state index contributed by atoms with van der Waals surface area (Å²) in [5.74, 6) is 0.593. The van der Waals surface area contributed by atoms with Crippen LogP contribution in [0.15, 0.2) is 18.2 Å². The van der Waals surface area contributed by atoms with Crippen LogP contribution in [0.4, 0.5) is 10.6 Å². The molecule has 3 rings (SSSR count). The molecule has 2 fully saturated rings. The molecular formula is C14H19N3O2. The first-order chi connectivity index (χ1) is 9.13. The number of nitrogens with zero attached hydrogens (tertiary/aromatic N) is 2. The van der Waals surface area contributed by atoms with Crippen molar-refractivity contribution >= 4 is 11.8 Å². The Labute approximate surface area is 112 Å². The minimum absolute atomic E-state index is 0.0856. The average Bonchev–Trinajstić information content (AvgIpc) is 2.62. The molecule has 2 amide bonds. The topological polar surface area (TPSA) is 65.5 Å². The highest BCUT2D eigenvalue weighted by atomic mass is 16.3. The second kappa shape index (κ2) is 4.81. The van der Waals surface area contributed by atoms with Crippen LogP contribution in [0.1, 0.15) is 31.4 Å². The largest absolute Gasteiger partial charge is 0.393 e. The number of anilines is 1. The van der Waals surface area contributed by atoms with E-state index in [-0.39, 0.29) is 24.2 Å². The maximum absolute atomic E-state index is 12.3. The van der Waals surface area contributed by atoms with Gasteiger partial charge in [-0.05, 0) is 44.7 Å². The fraction of sp³-hybridized carbons (Fsp3) is 0.571. The minimum Gasteiger partial charge on any atom is -0.393 e. The Morgan fingerprint density at radius 1 is 1.37 bits per heavy atom. The molecule has 0 aliphatic carbocycles. The van der Waals surface area contributed by atoms with E-state index in [9.17, 15) is 9.90 Å². The third-order valence-corrected chi connectivity index (χ3v) is 4.07. The number of amides is 2. The monoisotopic (exact) mass is 261 g/mol. The van der Waals surface area contributed by atoms with E-state index in [4.69, 9.17) is 0 Å².